The first-order chi connectivity index (χ1) is 8.38. The molecule has 0 saturated carbocycles. The predicted octanol–water partition coefficient (Wildman–Crippen LogP) is 1.44. The van der Waals surface area contributed by atoms with Crippen LogP contribution in [0.5, 0.6) is 5.75 Å². The van der Waals surface area contributed by atoms with Crippen LogP contribution in [-0.2, 0) is 6.42 Å². The maximum atomic E-state index is 5.21. The van der Waals surface area contributed by atoms with Crippen LogP contribution in [0.25, 0.3) is 0 Å². The summed E-state index contributed by atoms with van der Waals surface area (Å²) in [4.78, 5) is 0. The summed E-state index contributed by atoms with van der Waals surface area (Å²) >= 11 is 0. The average molecular weight is 234 g/mol. The zero-order chi connectivity index (χ0) is 11.9. The van der Waals surface area contributed by atoms with E-state index in [-0.39, 0.29) is 0 Å². The van der Waals surface area contributed by atoms with Gasteiger partial charge in [-0.1, -0.05) is 12.1 Å². The van der Waals surface area contributed by atoms with Crippen molar-refractivity contribution in [3.63, 3.8) is 0 Å². The van der Waals surface area contributed by atoms with Crippen molar-refractivity contribution in [1.29, 1.82) is 0 Å². The van der Waals surface area contributed by atoms with Gasteiger partial charge < -0.3 is 15.4 Å². The van der Waals surface area contributed by atoms with Gasteiger partial charge in [-0.25, -0.2) is 0 Å². The van der Waals surface area contributed by atoms with Crippen LogP contribution >= 0.6 is 0 Å². The fraction of sp³-hybridized carbons (Fsp3) is 0.571. The maximum absolute atomic E-state index is 5.21. The smallest absolute Gasteiger partial charge is 0.119 e. The highest BCUT2D eigenvalue weighted by Gasteiger charge is 2.12. The number of hydrogen-bond acceptors (Lipinski definition) is 3. The number of methoxy groups -OCH3 is 1. The fourth-order valence-electron chi connectivity index (χ4n) is 2.26. The van der Waals surface area contributed by atoms with Crippen LogP contribution < -0.4 is 15.4 Å². The summed E-state index contributed by atoms with van der Waals surface area (Å²) in [7, 11) is 1.71. The first-order valence-electron chi connectivity index (χ1n) is 6.43. The summed E-state index contributed by atoms with van der Waals surface area (Å²) in [5, 5.41) is 6.92. The molecular formula is C14H22N2O. The lowest BCUT2D eigenvalue weighted by Crippen LogP contribution is -2.26. The molecule has 1 aliphatic heterocycles. The van der Waals surface area contributed by atoms with Gasteiger partial charge in [-0.3, -0.25) is 0 Å². The van der Waals surface area contributed by atoms with E-state index < -0.39 is 0 Å². The fourth-order valence-corrected chi connectivity index (χ4v) is 2.26. The van der Waals surface area contributed by atoms with Crippen molar-refractivity contribution >= 4 is 0 Å². The van der Waals surface area contributed by atoms with E-state index in [1.165, 1.54) is 25.1 Å². The SMILES string of the molecule is COc1cccc(CCNCC2CCNC2)c1. The van der Waals surface area contributed by atoms with Gasteiger partial charge in [-0.2, -0.15) is 0 Å². The lowest BCUT2D eigenvalue weighted by molar-refractivity contribution is 0.414. The van der Waals surface area contributed by atoms with Crippen molar-refractivity contribution in [2.24, 2.45) is 5.92 Å². The average Bonchev–Trinajstić information content (AvgIpc) is 2.88. The van der Waals surface area contributed by atoms with Gasteiger partial charge in [0, 0.05) is 0 Å². The predicted molar refractivity (Wildman–Crippen MR) is 70.5 cm³/mol. The Bertz CT molecular complexity index is 335. The Kier molecular flexibility index (Phi) is 4.83. The molecule has 2 N–H and O–H groups in total. The zero-order valence-electron chi connectivity index (χ0n) is 10.5. The van der Waals surface area contributed by atoms with E-state index in [4.69, 9.17) is 4.74 Å². The van der Waals surface area contributed by atoms with Crippen molar-refractivity contribution in [1.82, 2.24) is 10.6 Å². The maximum Gasteiger partial charge on any atom is 0.119 e. The molecule has 1 aromatic rings. The standard InChI is InChI=1S/C14H22N2O/c1-17-14-4-2-3-12(9-14)5-7-15-10-13-6-8-16-11-13/h2-4,9,13,15-16H,5-8,10-11H2,1H3. The largest absolute Gasteiger partial charge is 0.497 e. The Labute approximate surface area is 104 Å². The molecule has 1 fully saturated rings. The third kappa shape index (κ3) is 4.02. The summed E-state index contributed by atoms with van der Waals surface area (Å²) in [5.74, 6) is 1.77. The molecule has 3 nitrogen and oxygen atoms in total. The Morgan fingerprint density at radius 2 is 2.41 bits per heavy atom. The Morgan fingerprint density at radius 3 is 3.18 bits per heavy atom. The normalized spacial score (nSPS) is 19.5. The zero-order valence-corrected chi connectivity index (χ0v) is 10.5. The van der Waals surface area contributed by atoms with E-state index in [2.05, 4.69) is 28.8 Å². The summed E-state index contributed by atoms with van der Waals surface area (Å²) < 4.78 is 5.21. The number of hydrogen-bond donors (Lipinski definition) is 2. The van der Waals surface area contributed by atoms with Crippen LogP contribution in [0.15, 0.2) is 24.3 Å². The molecule has 0 bridgehead atoms. The molecule has 0 radical (unpaired) electrons. The third-order valence-corrected chi connectivity index (χ3v) is 3.32. The van der Waals surface area contributed by atoms with Gasteiger partial charge in [0.05, 0.1) is 7.11 Å². The van der Waals surface area contributed by atoms with E-state index in [0.717, 1.165) is 31.2 Å². The molecule has 94 valence electrons. The number of ether oxygens (including phenoxy) is 1. The molecule has 3 heteroatoms. The summed E-state index contributed by atoms with van der Waals surface area (Å²) in [6.45, 7) is 4.54. The van der Waals surface area contributed by atoms with Crippen molar-refractivity contribution in [3.8, 4) is 5.75 Å². The molecule has 17 heavy (non-hydrogen) atoms. The monoisotopic (exact) mass is 234 g/mol. The summed E-state index contributed by atoms with van der Waals surface area (Å²) in [6.07, 6.45) is 2.38. The van der Waals surface area contributed by atoms with Crippen molar-refractivity contribution in [3.05, 3.63) is 29.8 Å². The molecular weight excluding hydrogens is 212 g/mol. The van der Waals surface area contributed by atoms with Gasteiger partial charge in [0.2, 0.25) is 0 Å². The molecule has 0 aromatic heterocycles. The molecule has 1 saturated heterocycles. The highest BCUT2D eigenvalue weighted by molar-refractivity contribution is 5.28. The lowest BCUT2D eigenvalue weighted by atomic mass is 10.1. The summed E-state index contributed by atoms with van der Waals surface area (Å²) in [6, 6.07) is 8.30. The van der Waals surface area contributed by atoms with Gasteiger partial charge in [0.1, 0.15) is 5.75 Å². The number of rotatable bonds is 6. The molecule has 0 spiro atoms. The van der Waals surface area contributed by atoms with E-state index >= 15 is 0 Å². The van der Waals surface area contributed by atoms with Crippen molar-refractivity contribution in [2.75, 3.05) is 33.3 Å². The molecule has 1 heterocycles. The molecule has 1 aliphatic rings. The minimum atomic E-state index is 0.820. The quantitative estimate of drug-likeness (QED) is 0.731. The second kappa shape index (κ2) is 6.62. The Hall–Kier alpha value is -1.06. The van der Waals surface area contributed by atoms with Crippen LogP contribution in [-0.4, -0.2) is 33.3 Å². The summed E-state index contributed by atoms with van der Waals surface area (Å²) in [5.41, 5.74) is 1.33. The second-order valence-electron chi connectivity index (χ2n) is 4.66. The van der Waals surface area contributed by atoms with E-state index in [1.807, 2.05) is 6.07 Å². The van der Waals surface area contributed by atoms with Crippen LogP contribution in [0.2, 0.25) is 0 Å². The van der Waals surface area contributed by atoms with E-state index in [0.29, 0.717) is 0 Å². The molecule has 1 aromatic carbocycles. The molecule has 1 atom stereocenters. The molecule has 2 rings (SSSR count). The van der Waals surface area contributed by atoms with E-state index in [1.54, 1.807) is 7.11 Å². The van der Waals surface area contributed by atoms with Crippen LogP contribution in [0.1, 0.15) is 12.0 Å². The van der Waals surface area contributed by atoms with Gasteiger partial charge in [-0.05, 0) is 62.6 Å². The molecule has 0 aliphatic carbocycles. The Balaban J connectivity index is 1.66. The van der Waals surface area contributed by atoms with Crippen LogP contribution in [0, 0.1) is 5.92 Å². The van der Waals surface area contributed by atoms with Crippen LogP contribution in [0.4, 0.5) is 0 Å². The van der Waals surface area contributed by atoms with E-state index in [9.17, 15) is 0 Å². The minimum absolute atomic E-state index is 0.820. The first-order valence-corrected chi connectivity index (χ1v) is 6.43. The van der Waals surface area contributed by atoms with Gasteiger partial charge >= 0.3 is 0 Å². The highest BCUT2D eigenvalue weighted by atomic mass is 16.5. The lowest BCUT2D eigenvalue weighted by Gasteiger charge is -2.10. The Morgan fingerprint density at radius 1 is 1.47 bits per heavy atom. The second-order valence-corrected chi connectivity index (χ2v) is 4.66. The topological polar surface area (TPSA) is 33.3 Å². The van der Waals surface area contributed by atoms with Gasteiger partial charge in [-0.15, -0.1) is 0 Å². The van der Waals surface area contributed by atoms with Crippen LogP contribution in [0.3, 0.4) is 0 Å². The third-order valence-electron chi connectivity index (χ3n) is 3.32. The number of benzene rings is 1. The first kappa shape index (κ1) is 12.4. The van der Waals surface area contributed by atoms with Gasteiger partial charge in [0.25, 0.3) is 0 Å². The highest BCUT2D eigenvalue weighted by Crippen LogP contribution is 2.12. The van der Waals surface area contributed by atoms with Crippen molar-refractivity contribution in [2.45, 2.75) is 12.8 Å². The minimum Gasteiger partial charge on any atom is -0.497 e. The van der Waals surface area contributed by atoms with Gasteiger partial charge in [0.15, 0.2) is 0 Å². The number of nitrogens with one attached hydrogen (secondary N) is 2. The van der Waals surface area contributed by atoms with Crippen molar-refractivity contribution < 1.29 is 4.74 Å². The molecule has 1 unspecified atom stereocenters. The molecule has 0 amide bonds.